The number of fused-ring (bicyclic) bond motifs is 1. The van der Waals surface area contributed by atoms with Gasteiger partial charge in [-0.3, -0.25) is 10.3 Å². The predicted octanol–water partition coefficient (Wildman–Crippen LogP) is 1.84. The largest absolute Gasteiger partial charge is 0.480 e. The molecule has 0 aromatic heterocycles. The van der Waals surface area contributed by atoms with E-state index in [9.17, 15) is 0 Å². The number of hydrazine groups is 1. The number of anilines is 1. The fourth-order valence-corrected chi connectivity index (χ4v) is 1.36. The molecule has 2 rings (SSSR count). The van der Waals surface area contributed by atoms with Crippen molar-refractivity contribution in [3.05, 3.63) is 35.7 Å². The monoisotopic (exact) mass is 192 g/mol. The predicted molar refractivity (Wildman–Crippen MR) is 53.9 cm³/mol. The van der Waals surface area contributed by atoms with Gasteiger partial charge in [0, 0.05) is 11.6 Å². The third-order valence-corrected chi connectivity index (χ3v) is 2.05. The lowest BCUT2D eigenvalue weighted by Gasteiger charge is -2.28. The molecule has 0 radical (unpaired) electrons. The van der Waals surface area contributed by atoms with Crippen LogP contribution in [0.25, 0.3) is 6.08 Å². The summed E-state index contributed by atoms with van der Waals surface area (Å²) in [5, 5.41) is 1.47. The zero-order valence-electron chi connectivity index (χ0n) is 8.15. The Bertz CT molecular complexity index is 363. The molecule has 4 nitrogen and oxygen atoms in total. The van der Waals surface area contributed by atoms with Crippen molar-refractivity contribution in [1.82, 2.24) is 5.17 Å². The number of hydrogen-bond donors (Lipinski definition) is 1. The maximum Gasteiger partial charge on any atom is 0.235 e. The van der Waals surface area contributed by atoms with Gasteiger partial charge in [-0.1, -0.05) is 18.2 Å². The smallest absolute Gasteiger partial charge is 0.235 e. The summed E-state index contributed by atoms with van der Waals surface area (Å²) < 4.78 is 5.15. The molecule has 1 aliphatic rings. The van der Waals surface area contributed by atoms with Crippen molar-refractivity contribution in [3.63, 3.8) is 0 Å². The van der Waals surface area contributed by atoms with Crippen LogP contribution in [-0.2, 0) is 9.57 Å². The highest BCUT2D eigenvalue weighted by Gasteiger charge is 2.16. The Labute approximate surface area is 82.7 Å². The van der Waals surface area contributed by atoms with Crippen LogP contribution in [0.1, 0.15) is 5.56 Å². The molecule has 4 heteroatoms. The fourth-order valence-electron chi connectivity index (χ4n) is 1.36. The summed E-state index contributed by atoms with van der Waals surface area (Å²) in [6.07, 6.45) is 1.91. The minimum atomic E-state index is 0.631. The topological polar surface area (TPSA) is 33.7 Å². The number of methoxy groups -OCH3 is 1. The number of benzene rings is 1. The molecule has 74 valence electrons. The minimum Gasteiger partial charge on any atom is -0.480 e. The summed E-state index contributed by atoms with van der Waals surface area (Å²) in [7, 11) is 3.18. The number of hydroxylamine groups is 1. The first kappa shape index (κ1) is 8.90. The van der Waals surface area contributed by atoms with Gasteiger partial charge >= 0.3 is 0 Å². The Balaban J connectivity index is 2.39. The van der Waals surface area contributed by atoms with E-state index in [1.807, 2.05) is 30.3 Å². The van der Waals surface area contributed by atoms with E-state index in [0.29, 0.717) is 5.88 Å². The maximum absolute atomic E-state index is 5.15. The van der Waals surface area contributed by atoms with Gasteiger partial charge in [-0.25, -0.2) is 0 Å². The Morgan fingerprint density at radius 1 is 1.21 bits per heavy atom. The van der Waals surface area contributed by atoms with Gasteiger partial charge in [0.15, 0.2) is 0 Å². The van der Waals surface area contributed by atoms with Crippen molar-refractivity contribution in [2.45, 2.75) is 0 Å². The molecular weight excluding hydrogens is 180 g/mol. The summed E-state index contributed by atoms with van der Waals surface area (Å²) in [5.41, 5.74) is 5.14. The van der Waals surface area contributed by atoms with E-state index in [1.54, 1.807) is 14.2 Å². The average Bonchev–Trinajstić information content (AvgIpc) is 2.27. The standard InChI is InChI=1S/C10H12N2O2/c1-13-10-7-8-5-3-4-6-9(8)11-12(10)14-2/h3-7,11H,1-2H3. The van der Waals surface area contributed by atoms with Crippen LogP contribution in [0.15, 0.2) is 30.1 Å². The molecule has 0 amide bonds. The van der Waals surface area contributed by atoms with Crippen LogP contribution in [0.3, 0.4) is 0 Å². The molecule has 0 aliphatic carbocycles. The average molecular weight is 192 g/mol. The third kappa shape index (κ3) is 1.40. The molecule has 0 atom stereocenters. The van der Waals surface area contributed by atoms with Crippen LogP contribution in [-0.4, -0.2) is 19.4 Å². The molecule has 1 heterocycles. The molecule has 1 aromatic carbocycles. The first-order valence-electron chi connectivity index (χ1n) is 4.31. The number of para-hydroxylation sites is 1. The lowest BCUT2D eigenvalue weighted by atomic mass is 10.1. The highest BCUT2D eigenvalue weighted by molar-refractivity contribution is 5.69. The van der Waals surface area contributed by atoms with Gasteiger partial charge in [0.05, 0.1) is 19.9 Å². The van der Waals surface area contributed by atoms with Crippen molar-refractivity contribution in [2.75, 3.05) is 19.6 Å². The lowest BCUT2D eigenvalue weighted by molar-refractivity contribution is -0.115. The molecule has 1 N–H and O–H groups in total. The van der Waals surface area contributed by atoms with E-state index < -0.39 is 0 Å². The van der Waals surface area contributed by atoms with Crippen molar-refractivity contribution in [3.8, 4) is 0 Å². The summed E-state index contributed by atoms with van der Waals surface area (Å²) in [6, 6.07) is 7.93. The Morgan fingerprint density at radius 2 is 2.00 bits per heavy atom. The van der Waals surface area contributed by atoms with Crippen LogP contribution < -0.4 is 5.43 Å². The normalized spacial score (nSPS) is 14.1. The van der Waals surface area contributed by atoms with Crippen molar-refractivity contribution >= 4 is 11.8 Å². The van der Waals surface area contributed by atoms with E-state index in [4.69, 9.17) is 9.57 Å². The second-order valence-electron chi connectivity index (χ2n) is 2.86. The molecular formula is C10H12N2O2. The van der Waals surface area contributed by atoms with Gasteiger partial charge in [-0.15, -0.1) is 5.17 Å². The van der Waals surface area contributed by atoms with E-state index in [1.165, 1.54) is 5.17 Å². The van der Waals surface area contributed by atoms with Crippen LogP contribution in [0.5, 0.6) is 0 Å². The van der Waals surface area contributed by atoms with Crippen LogP contribution in [0.2, 0.25) is 0 Å². The van der Waals surface area contributed by atoms with E-state index >= 15 is 0 Å². The van der Waals surface area contributed by atoms with Gasteiger partial charge in [0.1, 0.15) is 0 Å². The van der Waals surface area contributed by atoms with Crippen LogP contribution >= 0.6 is 0 Å². The number of nitrogens with one attached hydrogen (secondary N) is 1. The van der Waals surface area contributed by atoms with E-state index in [0.717, 1.165) is 11.3 Å². The summed E-state index contributed by atoms with van der Waals surface area (Å²) in [6.45, 7) is 0. The zero-order chi connectivity index (χ0) is 9.97. The van der Waals surface area contributed by atoms with Gasteiger partial charge in [-0.2, -0.15) is 0 Å². The fraction of sp³-hybridized carbons (Fsp3) is 0.200. The summed E-state index contributed by atoms with van der Waals surface area (Å²) in [4.78, 5) is 5.08. The van der Waals surface area contributed by atoms with E-state index in [2.05, 4.69) is 5.43 Å². The SMILES string of the molecule is COC1=Cc2ccccc2NN1OC. The van der Waals surface area contributed by atoms with Crippen LogP contribution in [0.4, 0.5) is 5.69 Å². The molecule has 0 spiro atoms. The molecule has 0 unspecified atom stereocenters. The lowest BCUT2D eigenvalue weighted by Crippen LogP contribution is -2.31. The number of hydrogen-bond acceptors (Lipinski definition) is 4. The number of rotatable bonds is 2. The zero-order valence-corrected chi connectivity index (χ0v) is 8.15. The van der Waals surface area contributed by atoms with Crippen molar-refractivity contribution < 1.29 is 9.57 Å². The molecule has 0 fully saturated rings. The second kappa shape index (κ2) is 3.59. The van der Waals surface area contributed by atoms with Gasteiger partial charge in [0.2, 0.25) is 5.88 Å². The highest BCUT2D eigenvalue weighted by atomic mass is 16.7. The summed E-state index contributed by atoms with van der Waals surface area (Å²) in [5.74, 6) is 0.631. The molecule has 0 bridgehead atoms. The first-order chi connectivity index (χ1) is 6.85. The Kier molecular flexibility index (Phi) is 2.28. The third-order valence-electron chi connectivity index (χ3n) is 2.05. The van der Waals surface area contributed by atoms with Gasteiger partial charge < -0.3 is 4.74 Å². The Hall–Kier alpha value is -1.68. The number of nitrogens with zero attached hydrogens (tertiary/aromatic N) is 1. The number of ether oxygens (including phenoxy) is 1. The molecule has 0 saturated carbocycles. The molecule has 0 saturated heterocycles. The van der Waals surface area contributed by atoms with E-state index in [-0.39, 0.29) is 0 Å². The van der Waals surface area contributed by atoms with Crippen molar-refractivity contribution in [1.29, 1.82) is 0 Å². The first-order valence-corrected chi connectivity index (χ1v) is 4.31. The maximum atomic E-state index is 5.15. The van der Waals surface area contributed by atoms with Crippen molar-refractivity contribution in [2.24, 2.45) is 0 Å². The molecule has 14 heavy (non-hydrogen) atoms. The molecule has 1 aromatic rings. The minimum absolute atomic E-state index is 0.631. The highest BCUT2D eigenvalue weighted by Crippen LogP contribution is 2.25. The second-order valence-corrected chi connectivity index (χ2v) is 2.86. The molecule has 1 aliphatic heterocycles. The Morgan fingerprint density at radius 3 is 2.71 bits per heavy atom. The van der Waals surface area contributed by atoms with Gasteiger partial charge in [0.25, 0.3) is 0 Å². The van der Waals surface area contributed by atoms with Crippen LogP contribution in [0, 0.1) is 0 Å². The summed E-state index contributed by atoms with van der Waals surface area (Å²) >= 11 is 0. The van der Waals surface area contributed by atoms with Gasteiger partial charge in [-0.05, 0) is 6.07 Å². The quantitative estimate of drug-likeness (QED) is 0.775.